The van der Waals surface area contributed by atoms with E-state index in [0.717, 1.165) is 0 Å². The summed E-state index contributed by atoms with van der Waals surface area (Å²) >= 11 is 12.5. The highest BCUT2D eigenvalue weighted by Crippen LogP contribution is 2.37. The van der Waals surface area contributed by atoms with Crippen LogP contribution in [0, 0.1) is 0 Å². The quantitative estimate of drug-likeness (QED) is 0.269. The number of benzene rings is 2. The first-order chi connectivity index (χ1) is 18.1. The summed E-state index contributed by atoms with van der Waals surface area (Å²) in [6.07, 6.45) is -3.95. The number of aliphatic hydroxyl groups excluding tert-OH is 3. The minimum Gasteiger partial charge on any atom is -0.465 e. The van der Waals surface area contributed by atoms with E-state index < -0.39 is 49.1 Å². The Balaban J connectivity index is 1.68. The van der Waals surface area contributed by atoms with Gasteiger partial charge >= 0.3 is 5.97 Å². The number of carbonyl (C=O) groups is 2. The van der Waals surface area contributed by atoms with Crippen LogP contribution in [-0.2, 0) is 14.3 Å². The molecule has 0 saturated carbocycles. The molecule has 4 rings (SSSR count). The molecule has 202 valence electrons. The summed E-state index contributed by atoms with van der Waals surface area (Å²) in [5, 5.41) is 37.0. The van der Waals surface area contributed by atoms with Crippen molar-refractivity contribution < 1.29 is 39.1 Å². The predicted octanol–water partition coefficient (Wildman–Crippen LogP) is 2.39. The molecule has 1 aliphatic heterocycles. The van der Waals surface area contributed by atoms with Gasteiger partial charge in [0, 0.05) is 30.3 Å². The Morgan fingerprint density at radius 2 is 1.92 bits per heavy atom. The first-order valence-electron chi connectivity index (χ1n) is 11.4. The van der Waals surface area contributed by atoms with Crippen LogP contribution in [0.3, 0.4) is 0 Å². The highest BCUT2D eigenvalue weighted by Gasteiger charge is 2.46. The molecule has 38 heavy (non-hydrogen) atoms. The maximum absolute atomic E-state index is 12.5. The second-order valence-electron chi connectivity index (χ2n) is 8.50. The fraction of sp³-hybridized carbons (Fsp3) is 0.320. The number of aromatic nitrogens is 1. The van der Waals surface area contributed by atoms with Crippen molar-refractivity contribution in [2.75, 3.05) is 19.0 Å². The van der Waals surface area contributed by atoms with Gasteiger partial charge in [-0.3, -0.25) is 9.78 Å². The molecule has 2 heterocycles. The summed E-state index contributed by atoms with van der Waals surface area (Å²) in [4.78, 5) is 28.5. The number of nitrogens with zero attached hydrogens (tertiary/aromatic N) is 1. The van der Waals surface area contributed by atoms with Crippen LogP contribution in [0.25, 0.3) is 10.9 Å². The van der Waals surface area contributed by atoms with Crippen molar-refractivity contribution in [2.24, 2.45) is 0 Å². The second-order valence-corrected chi connectivity index (χ2v) is 9.28. The summed E-state index contributed by atoms with van der Waals surface area (Å²) < 4.78 is 16.5. The normalized spacial score (nSPS) is 23.1. The number of ether oxygens (including phenoxy) is 3. The Hall–Kier alpha value is -3.19. The van der Waals surface area contributed by atoms with Crippen LogP contribution in [0.15, 0.2) is 42.6 Å². The standard InChI is InChI=1S/C25H25Cl2N3O8/c1-11(32)29-21-23(34)22(33)17(10-31)38-25(21)37-13-5-3-4-12(8-13)30-19-14-6-7-16(26)18(27)20(14)28-9-15(19)24(35)36-2/h3-9,17,21-23,25,31,33-34H,10H2,1-2H3,(H,28,30)(H,29,32)/t17-,21+,22-,23+,25+/m1/s1. The molecular formula is C25H25Cl2N3O8. The molecule has 2 aromatic carbocycles. The van der Waals surface area contributed by atoms with Gasteiger partial charge in [0.2, 0.25) is 12.2 Å². The Morgan fingerprint density at radius 3 is 2.61 bits per heavy atom. The third kappa shape index (κ3) is 5.63. The van der Waals surface area contributed by atoms with Gasteiger partial charge in [-0.25, -0.2) is 4.79 Å². The van der Waals surface area contributed by atoms with Crippen LogP contribution in [0.5, 0.6) is 5.75 Å². The molecule has 1 aromatic heterocycles. The van der Waals surface area contributed by atoms with Gasteiger partial charge < -0.3 is 40.2 Å². The molecule has 0 radical (unpaired) electrons. The lowest BCUT2D eigenvalue weighted by Crippen LogP contribution is -2.65. The van der Waals surface area contributed by atoms with Gasteiger partial charge in [0.25, 0.3) is 0 Å². The molecule has 11 nitrogen and oxygen atoms in total. The topological polar surface area (TPSA) is 159 Å². The number of rotatable bonds is 7. The average molecular weight is 566 g/mol. The lowest BCUT2D eigenvalue weighted by molar-refractivity contribution is -0.244. The lowest BCUT2D eigenvalue weighted by atomic mass is 9.97. The van der Waals surface area contributed by atoms with Crippen molar-refractivity contribution in [1.82, 2.24) is 10.3 Å². The molecule has 1 saturated heterocycles. The number of aliphatic hydroxyl groups is 3. The number of amides is 1. The summed E-state index contributed by atoms with van der Waals surface area (Å²) in [6.45, 7) is 0.667. The molecule has 0 bridgehead atoms. The molecule has 1 fully saturated rings. The number of nitrogens with one attached hydrogen (secondary N) is 2. The van der Waals surface area contributed by atoms with Gasteiger partial charge in [-0.1, -0.05) is 29.3 Å². The van der Waals surface area contributed by atoms with E-state index in [1.807, 2.05) is 0 Å². The number of fused-ring (bicyclic) bond motifs is 1. The van der Waals surface area contributed by atoms with Crippen molar-refractivity contribution >= 4 is 57.4 Å². The van der Waals surface area contributed by atoms with Crippen molar-refractivity contribution in [3.63, 3.8) is 0 Å². The zero-order valence-corrected chi connectivity index (χ0v) is 21.7. The van der Waals surface area contributed by atoms with Crippen molar-refractivity contribution in [2.45, 2.75) is 37.6 Å². The van der Waals surface area contributed by atoms with Crippen LogP contribution in [-0.4, -0.2) is 76.5 Å². The minimum absolute atomic E-state index is 0.147. The molecule has 1 aliphatic rings. The Morgan fingerprint density at radius 1 is 1.16 bits per heavy atom. The zero-order chi connectivity index (χ0) is 27.6. The maximum Gasteiger partial charge on any atom is 0.341 e. The molecule has 13 heteroatoms. The van der Waals surface area contributed by atoms with E-state index in [9.17, 15) is 24.9 Å². The Kier molecular flexibility index (Phi) is 8.56. The van der Waals surface area contributed by atoms with Gasteiger partial charge in [0.1, 0.15) is 35.7 Å². The maximum atomic E-state index is 12.5. The van der Waals surface area contributed by atoms with Crippen LogP contribution < -0.4 is 15.4 Å². The summed E-state index contributed by atoms with van der Waals surface area (Å²) in [5.74, 6) is -0.846. The highest BCUT2D eigenvalue weighted by molar-refractivity contribution is 6.45. The fourth-order valence-electron chi connectivity index (χ4n) is 4.10. The Labute approximate surface area is 227 Å². The largest absolute Gasteiger partial charge is 0.465 e. The molecule has 3 aromatic rings. The lowest BCUT2D eigenvalue weighted by Gasteiger charge is -2.42. The number of pyridine rings is 1. The summed E-state index contributed by atoms with van der Waals surface area (Å²) in [6, 6.07) is 8.69. The molecule has 5 atom stereocenters. The smallest absolute Gasteiger partial charge is 0.341 e. The minimum atomic E-state index is -1.46. The van der Waals surface area contributed by atoms with E-state index in [-0.39, 0.29) is 16.3 Å². The summed E-state index contributed by atoms with van der Waals surface area (Å²) in [5.41, 5.74) is 1.37. The van der Waals surface area contributed by atoms with E-state index >= 15 is 0 Å². The molecule has 0 unspecified atom stereocenters. The first-order valence-corrected chi connectivity index (χ1v) is 12.2. The van der Waals surface area contributed by atoms with Gasteiger partial charge in [0.05, 0.1) is 35.0 Å². The number of carbonyl (C=O) groups excluding carboxylic acids is 2. The zero-order valence-electron chi connectivity index (χ0n) is 20.2. The first kappa shape index (κ1) is 27.8. The predicted molar refractivity (Wildman–Crippen MR) is 139 cm³/mol. The van der Waals surface area contributed by atoms with Crippen molar-refractivity contribution in [3.05, 3.63) is 58.2 Å². The molecule has 5 N–H and O–H groups in total. The van der Waals surface area contributed by atoms with E-state index in [0.29, 0.717) is 27.3 Å². The van der Waals surface area contributed by atoms with Crippen LogP contribution in [0.4, 0.5) is 11.4 Å². The average Bonchev–Trinajstić information content (AvgIpc) is 2.90. The van der Waals surface area contributed by atoms with E-state index in [2.05, 4.69) is 15.6 Å². The van der Waals surface area contributed by atoms with Gasteiger partial charge in [-0.15, -0.1) is 0 Å². The number of hydrogen-bond donors (Lipinski definition) is 5. The third-order valence-electron chi connectivity index (χ3n) is 5.94. The third-order valence-corrected chi connectivity index (χ3v) is 6.74. The van der Waals surface area contributed by atoms with E-state index in [1.165, 1.54) is 20.2 Å². The second kappa shape index (κ2) is 11.7. The molecule has 1 amide bonds. The van der Waals surface area contributed by atoms with Crippen LogP contribution in [0.2, 0.25) is 10.0 Å². The van der Waals surface area contributed by atoms with Gasteiger partial charge in [-0.05, 0) is 24.3 Å². The number of halogens is 2. The van der Waals surface area contributed by atoms with E-state index in [1.54, 1.807) is 36.4 Å². The van der Waals surface area contributed by atoms with Crippen molar-refractivity contribution in [1.29, 1.82) is 0 Å². The number of anilines is 2. The van der Waals surface area contributed by atoms with Gasteiger partial charge in [-0.2, -0.15) is 0 Å². The monoisotopic (exact) mass is 565 g/mol. The molecular weight excluding hydrogens is 541 g/mol. The number of hydrogen-bond acceptors (Lipinski definition) is 10. The molecule has 0 aliphatic carbocycles. The number of esters is 1. The van der Waals surface area contributed by atoms with Crippen LogP contribution >= 0.6 is 23.2 Å². The van der Waals surface area contributed by atoms with Gasteiger partial charge in [0.15, 0.2) is 0 Å². The van der Waals surface area contributed by atoms with Crippen molar-refractivity contribution in [3.8, 4) is 5.75 Å². The number of methoxy groups -OCH3 is 1. The fourth-order valence-corrected chi connectivity index (χ4v) is 4.47. The molecule has 0 spiro atoms. The highest BCUT2D eigenvalue weighted by atomic mass is 35.5. The van der Waals surface area contributed by atoms with E-state index in [4.69, 9.17) is 37.4 Å². The SMILES string of the molecule is COC(=O)c1cnc2c(Cl)c(Cl)ccc2c1Nc1cccc(O[C@H]2O[C@H](CO)[C@@H](O)[C@@H](O)[C@@H]2NC(C)=O)c1. The van der Waals surface area contributed by atoms with Crippen LogP contribution in [0.1, 0.15) is 17.3 Å². The Bertz CT molecular complexity index is 1360. The summed E-state index contributed by atoms with van der Waals surface area (Å²) in [7, 11) is 1.25.